The number of nitrogens with two attached hydrogens (primary N) is 1. The molecule has 0 atom stereocenters. The average Bonchev–Trinajstić information content (AvgIpc) is 2.82. The summed E-state index contributed by atoms with van der Waals surface area (Å²) in [6.07, 6.45) is 1.09. The molecule has 0 spiro atoms. The highest BCUT2D eigenvalue weighted by Crippen LogP contribution is 2.39. The van der Waals surface area contributed by atoms with E-state index in [2.05, 4.69) is 9.68 Å². The molecule has 17 heavy (non-hydrogen) atoms. The molecule has 0 amide bonds. The molecule has 0 saturated carbocycles. The van der Waals surface area contributed by atoms with Crippen molar-refractivity contribution in [1.82, 2.24) is 5.16 Å². The summed E-state index contributed by atoms with van der Waals surface area (Å²) in [6, 6.07) is 2.75. The van der Waals surface area contributed by atoms with E-state index in [1.807, 2.05) is 0 Å². The Bertz CT molecular complexity index is 646. The first-order chi connectivity index (χ1) is 7.95. The molecule has 0 aliphatic heterocycles. The lowest BCUT2D eigenvalue weighted by molar-refractivity contribution is 0.387. The van der Waals surface area contributed by atoms with Crippen molar-refractivity contribution in [2.24, 2.45) is 0 Å². The SMILES string of the molecule is N#Cc1onc(-c2occc2P(=O)(O)O)c1N. The van der Waals surface area contributed by atoms with Crippen molar-refractivity contribution >= 4 is 18.6 Å². The zero-order valence-corrected chi connectivity index (χ0v) is 9.09. The van der Waals surface area contributed by atoms with Gasteiger partial charge < -0.3 is 24.5 Å². The number of hydrogen-bond donors (Lipinski definition) is 3. The van der Waals surface area contributed by atoms with Crippen LogP contribution in [0, 0.1) is 11.3 Å². The smallest absolute Gasteiger partial charge is 0.360 e. The summed E-state index contributed by atoms with van der Waals surface area (Å²) < 4.78 is 20.6. The number of nitrogens with zero attached hydrogens (tertiary/aromatic N) is 2. The number of rotatable bonds is 2. The topological polar surface area (TPSA) is 147 Å². The second kappa shape index (κ2) is 3.75. The van der Waals surface area contributed by atoms with E-state index in [9.17, 15) is 4.57 Å². The molecule has 0 aliphatic rings. The number of aromatic nitrogens is 1. The summed E-state index contributed by atoms with van der Waals surface area (Å²) in [5, 5.41) is 11.7. The Hall–Kier alpha value is -2.07. The molecule has 88 valence electrons. The standard InChI is InChI=1S/C8H6N3O5P/c9-3-4-6(10)7(11-16-4)8-5(1-2-15-8)17(12,13)14/h1-2H,10H2,(H2,12,13,14). The van der Waals surface area contributed by atoms with Crippen LogP contribution in [0.15, 0.2) is 21.3 Å². The minimum Gasteiger partial charge on any atom is -0.461 e. The van der Waals surface area contributed by atoms with Gasteiger partial charge in [-0.1, -0.05) is 5.16 Å². The third-order valence-electron chi connectivity index (χ3n) is 2.00. The Morgan fingerprint density at radius 2 is 2.24 bits per heavy atom. The molecule has 0 bridgehead atoms. The van der Waals surface area contributed by atoms with E-state index in [1.165, 1.54) is 0 Å². The first-order valence-corrected chi connectivity index (χ1v) is 5.85. The summed E-state index contributed by atoms with van der Waals surface area (Å²) in [5.74, 6) is -0.450. The predicted molar refractivity (Wildman–Crippen MR) is 55.0 cm³/mol. The van der Waals surface area contributed by atoms with Gasteiger partial charge in [0, 0.05) is 0 Å². The van der Waals surface area contributed by atoms with Crippen molar-refractivity contribution < 1.29 is 23.3 Å². The normalized spacial score (nSPS) is 11.4. The molecule has 0 radical (unpaired) electrons. The van der Waals surface area contributed by atoms with E-state index >= 15 is 0 Å². The molecule has 0 aliphatic carbocycles. The maximum Gasteiger partial charge on any atom is 0.360 e. The van der Waals surface area contributed by atoms with Crippen LogP contribution < -0.4 is 11.0 Å². The Balaban J connectivity index is 2.63. The second-order valence-corrected chi connectivity index (χ2v) is 4.63. The molecule has 2 rings (SSSR count). The highest BCUT2D eigenvalue weighted by atomic mass is 31.2. The number of hydrogen-bond acceptors (Lipinski definition) is 6. The Kier molecular flexibility index (Phi) is 2.52. The minimum absolute atomic E-state index is 0.107. The zero-order valence-electron chi connectivity index (χ0n) is 8.19. The Morgan fingerprint density at radius 3 is 2.76 bits per heavy atom. The first-order valence-electron chi connectivity index (χ1n) is 4.24. The average molecular weight is 255 g/mol. The van der Waals surface area contributed by atoms with Gasteiger partial charge in [0.2, 0.25) is 0 Å². The molecular formula is C8H6N3O5P. The number of nitrogen functional groups attached to an aromatic ring is 1. The summed E-state index contributed by atoms with van der Waals surface area (Å²) >= 11 is 0. The fourth-order valence-corrected chi connectivity index (χ4v) is 1.93. The lowest BCUT2D eigenvalue weighted by atomic mass is 10.2. The van der Waals surface area contributed by atoms with Gasteiger partial charge in [-0.25, -0.2) is 0 Å². The zero-order chi connectivity index (χ0) is 12.6. The Morgan fingerprint density at radius 1 is 1.53 bits per heavy atom. The fraction of sp³-hybridized carbons (Fsp3) is 0. The van der Waals surface area contributed by atoms with Crippen LogP contribution >= 0.6 is 7.60 Å². The molecule has 0 saturated heterocycles. The maximum absolute atomic E-state index is 11.1. The van der Waals surface area contributed by atoms with Gasteiger partial charge in [0.1, 0.15) is 17.1 Å². The van der Waals surface area contributed by atoms with Crippen LogP contribution in [0.2, 0.25) is 0 Å². The van der Waals surface area contributed by atoms with Gasteiger partial charge in [0.25, 0.3) is 5.76 Å². The van der Waals surface area contributed by atoms with Crippen molar-refractivity contribution in [2.45, 2.75) is 0 Å². The van der Waals surface area contributed by atoms with Gasteiger partial charge in [0.05, 0.1) is 6.26 Å². The minimum atomic E-state index is -4.51. The largest absolute Gasteiger partial charge is 0.461 e. The Labute approximate surface area is 94.4 Å². The molecule has 2 aromatic rings. The summed E-state index contributed by atoms with van der Waals surface area (Å²) in [6.45, 7) is 0. The van der Waals surface area contributed by atoms with Crippen molar-refractivity contribution in [2.75, 3.05) is 5.73 Å². The number of nitriles is 1. The van der Waals surface area contributed by atoms with E-state index in [0.29, 0.717) is 0 Å². The van der Waals surface area contributed by atoms with Crippen LogP contribution in [-0.4, -0.2) is 14.9 Å². The van der Waals surface area contributed by atoms with Crippen LogP contribution in [0.25, 0.3) is 11.5 Å². The summed E-state index contributed by atoms with van der Waals surface area (Å²) in [5.41, 5.74) is 5.29. The fourth-order valence-electron chi connectivity index (χ4n) is 1.25. The number of anilines is 1. The highest BCUT2D eigenvalue weighted by Gasteiger charge is 2.29. The van der Waals surface area contributed by atoms with Gasteiger partial charge in [-0.05, 0) is 6.07 Å². The van der Waals surface area contributed by atoms with Crippen molar-refractivity contribution in [1.29, 1.82) is 5.26 Å². The molecule has 2 aromatic heterocycles. The van der Waals surface area contributed by atoms with Gasteiger partial charge in [-0.3, -0.25) is 4.57 Å². The van der Waals surface area contributed by atoms with Crippen LogP contribution in [0.1, 0.15) is 5.76 Å². The van der Waals surface area contributed by atoms with Gasteiger partial charge in [0.15, 0.2) is 11.5 Å². The first kappa shape index (κ1) is 11.4. The van der Waals surface area contributed by atoms with E-state index in [0.717, 1.165) is 12.3 Å². The second-order valence-electron chi connectivity index (χ2n) is 3.06. The van der Waals surface area contributed by atoms with E-state index < -0.39 is 7.60 Å². The predicted octanol–water partition coefficient (Wildman–Crippen LogP) is 0.191. The van der Waals surface area contributed by atoms with Crippen LogP contribution in [0.4, 0.5) is 5.69 Å². The van der Waals surface area contributed by atoms with Crippen LogP contribution in [0.3, 0.4) is 0 Å². The molecule has 4 N–H and O–H groups in total. The number of furan rings is 1. The van der Waals surface area contributed by atoms with E-state index in [4.69, 9.17) is 25.2 Å². The van der Waals surface area contributed by atoms with Gasteiger partial charge in [-0.2, -0.15) is 5.26 Å². The lowest BCUT2D eigenvalue weighted by Crippen LogP contribution is -2.04. The van der Waals surface area contributed by atoms with E-state index in [-0.39, 0.29) is 28.2 Å². The quantitative estimate of drug-likeness (QED) is 0.644. The molecule has 8 nitrogen and oxygen atoms in total. The molecule has 0 unspecified atom stereocenters. The molecule has 9 heteroatoms. The lowest BCUT2D eigenvalue weighted by Gasteiger charge is -2.01. The summed E-state index contributed by atoms with van der Waals surface area (Å²) in [4.78, 5) is 18.1. The molecule has 2 heterocycles. The van der Waals surface area contributed by atoms with Crippen molar-refractivity contribution in [3.63, 3.8) is 0 Å². The maximum atomic E-state index is 11.1. The highest BCUT2D eigenvalue weighted by molar-refractivity contribution is 7.60. The van der Waals surface area contributed by atoms with E-state index in [1.54, 1.807) is 6.07 Å². The van der Waals surface area contributed by atoms with Crippen LogP contribution in [0.5, 0.6) is 0 Å². The van der Waals surface area contributed by atoms with Crippen LogP contribution in [-0.2, 0) is 4.57 Å². The van der Waals surface area contributed by atoms with Gasteiger partial charge >= 0.3 is 7.60 Å². The monoisotopic (exact) mass is 255 g/mol. The van der Waals surface area contributed by atoms with Crippen molar-refractivity contribution in [3.05, 3.63) is 18.1 Å². The molecular weight excluding hydrogens is 249 g/mol. The third kappa shape index (κ3) is 1.83. The molecule has 0 fully saturated rings. The molecule has 0 aromatic carbocycles. The van der Waals surface area contributed by atoms with Gasteiger partial charge in [-0.15, -0.1) is 0 Å². The van der Waals surface area contributed by atoms with Crippen molar-refractivity contribution in [3.8, 4) is 17.5 Å². The summed E-state index contributed by atoms with van der Waals surface area (Å²) in [7, 11) is -4.51. The third-order valence-corrected chi connectivity index (χ3v) is 2.98.